The van der Waals surface area contributed by atoms with Gasteiger partial charge in [-0.3, -0.25) is 14.4 Å². The summed E-state index contributed by atoms with van der Waals surface area (Å²) in [5.41, 5.74) is 1.97. The zero-order valence-corrected chi connectivity index (χ0v) is 15.0. The molecule has 4 rings (SSSR count). The number of rotatable bonds is 2. The summed E-state index contributed by atoms with van der Waals surface area (Å²) in [7, 11) is 0. The minimum Gasteiger partial charge on any atom is -0.296 e. The molecule has 1 aromatic heterocycles. The van der Waals surface area contributed by atoms with Crippen molar-refractivity contribution >= 4 is 12.0 Å². The predicted octanol–water partition coefficient (Wildman–Crippen LogP) is 4.90. The highest BCUT2D eigenvalue weighted by atomic mass is 19.4. The zero-order valence-electron chi connectivity index (χ0n) is 15.0. The molecule has 0 spiro atoms. The van der Waals surface area contributed by atoms with Gasteiger partial charge in [0.2, 0.25) is 0 Å². The topological polar surface area (TPSA) is 47.2 Å². The van der Waals surface area contributed by atoms with Crippen LogP contribution in [-0.2, 0) is 12.7 Å². The van der Waals surface area contributed by atoms with Crippen LogP contribution in [-0.4, -0.2) is 21.5 Å². The van der Waals surface area contributed by atoms with E-state index in [0.29, 0.717) is 34.7 Å². The fraction of sp³-hybridized carbons (Fsp3) is 0.450. The largest absolute Gasteiger partial charge is 0.416 e. The molecule has 2 heterocycles. The van der Waals surface area contributed by atoms with E-state index in [-0.39, 0.29) is 12.5 Å². The highest BCUT2D eigenvalue weighted by Crippen LogP contribution is 2.37. The van der Waals surface area contributed by atoms with Gasteiger partial charge in [0.25, 0.3) is 0 Å². The molecule has 1 fully saturated rings. The monoisotopic (exact) mass is 375 g/mol. The van der Waals surface area contributed by atoms with Crippen molar-refractivity contribution in [3.63, 3.8) is 0 Å². The van der Waals surface area contributed by atoms with Crippen LogP contribution in [0.25, 0.3) is 5.69 Å². The number of alkyl halides is 3. The van der Waals surface area contributed by atoms with E-state index in [2.05, 4.69) is 4.98 Å². The summed E-state index contributed by atoms with van der Waals surface area (Å²) >= 11 is 0. The van der Waals surface area contributed by atoms with Gasteiger partial charge in [0.05, 0.1) is 23.5 Å². The number of aliphatic imine (C=N–C) groups is 1. The fourth-order valence-electron chi connectivity index (χ4n) is 4.19. The minimum atomic E-state index is -4.43. The summed E-state index contributed by atoms with van der Waals surface area (Å²) < 4.78 is 41.7. The Hall–Kier alpha value is -2.44. The van der Waals surface area contributed by atoms with Crippen LogP contribution in [0.15, 0.2) is 23.2 Å². The number of aryl methyl sites for hydroxylation is 1. The number of aldehydes is 1. The molecule has 0 bridgehead atoms. The molecule has 0 saturated heterocycles. The number of nitrogens with zero attached hydrogens (tertiary/aromatic N) is 3. The summed E-state index contributed by atoms with van der Waals surface area (Å²) in [6.45, 7) is 1.98. The van der Waals surface area contributed by atoms with Crippen molar-refractivity contribution in [3.05, 3.63) is 46.5 Å². The maximum absolute atomic E-state index is 13.4. The van der Waals surface area contributed by atoms with Crippen molar-refractivity contribution in [3.8, 4) is 5.69 Å². The Morgan fingerprint density at radius 3 is 2.59 bits per heavy atom. The molecule has 0 radical (unpaired) electrons. The zero-order chi connectivity index (χ0) is 19.2. The molecular formula is C20H20F3N3O. The molecule has 27 heavy (non-hydrogen) atoms. The smallest absolute Gasteiger partial charge is 0.296 e. The fourth-order valence-corrected chi connectivity index (χ4v) is 4.19. The van der Waals surface area contributed by atoms with E-state index < -0.39 is 11.7 Å². The molecule has 7 heteroatoms. The lowest BCUT2D eigenvalue weighted by Crippen LogP contribution is -2.21. The van der Waals surface area contributed by atoms with Crippen molar-refractivity contribution in [2.45, 2.75) is 51.7 Å². The Morgan fingerprint density at radius 2 is 1.93 bits per heavy atom. The third-order valence-corrected chi connectivity index (χ3v) is 5.50. The molecule has 0 amide bonds. The number of carbonyl (C=O) groups excluding carboxylic acids is 1. The molecule has 2 aliphatic rings. The number of hydrogen-bond acceptors (Lipinski definition) is 3. The van der Waals surface area contributed by atoms with Crippen LogP contribution in [0.4, 0.5) is 13.2 Å². The van der Waals surface area contributed by atoms with Gasteiger partial charge in [0.15, 0.2) is 6.29 Å². The number of fused-ring (bicyclic) bond motifs is 3. The van der Waals surface area contributed by atoms with Crippen molar-refractivity contribution in [2.75, 3.05) is 0 Å². The number of imidazole rings is 1. The molecule has 0 unspecified atom stereocenters. The number of halogens is 3. The minimum absolute atomic E-state index is 0.145. The number of carbonyl (C=O) groups is 1. The third-order valence-electron chi connectivity index (χ3n) is 5.50. The first-order valence-electron chi connectivity index (χ1n) is 9.20. The van der Waals surface area contributed by atoms with Crippen LogP contribution in [0.5, 0.6) is 0 Å². The van der Waals surface area contributed by atoms with E-state index in [9.17, 15) is 18.0 Å². The second kappa shape index (κ2) is 6.62. The van der Waals surface area contributed by atoms with Crippen LogP contribution in [0.1, 0.15) is 65.2 Å². The van der Waals surface area contributed by atoms with Crippen molar-refractivity contribution < 1.29 is 18.0 Å². The first-order valence-corrected chi connectivity index (χ1v) is 9.20. The maximum atomic E-state index is 13.4. The normalized spacial score (nSPS) is 17.7. The van der Waals surface area contributed by atoms with E-state index in [1.807, 2.05) is 0 Å². The molecule has 1 aliphatic heterocycles. The van der Waals surface area contributed by atoms with Gasteiger partial charge in [-0.15, -0.1) is 0 Å². The highest BCUT2D eigenvalue weighted by Gasteiger charge is 2.34. The van der Waals surface area contributed by atoms with Gasteiger partial charge in [0.1, 0.15) is 11.5 Å². The van der Waals surface area contributed by atoms with Gasteiger partial charge in [-0.25, -0.2) is 4.98 Å². The van der Waals surface area contributed by atoms with Gasteiger partial charge in [-0.2, -0.15) is 13.2 Å². The number of benzene rings is 1. The summed E-state index contributed by atoms with van der Waals surface area (Å²) in [6.07, 6.45) is 1.39. The lowest BCUT2D eigenvalue weighted by molar-refractivity contribution is -0.137. The summed E-state index contributed by atoms with van der Waals surface area (Å²) in [6, 6.07) is 3.69. The second-order valence-electron chi connectivity index (χ2n) is 7.22. The van der Waals surface area contributed by atoms with Crippen LogP contribution >= 0.6 is 0 Å². The van der Waals surface area contributed by atoms with E-state index in [1.54, 1.807) is 11.5 Å². The second-order valence-corrected chi connectivity index (χ2v) is 7.22. The van der Waals surface area contributed by atoms with Crippen LogP contribution in [0, 0.1) is 12.8 Å². The van der Waals surface area contributed by atoms with E-state index in [1.165, 1.54) is 12.1 Å². The van der Waals surface area contributed by atoms with E-state index in [4.69, 9.17) is 4.99 Å². The Labute approximate surface area is 155 Å². The quantitative estimate of drug-likeness (QED) is 0.702. The number of hydrogen-bond donors (Lipinski definition) is 0. The van der Waals surface area contributed by atoms with E-state index >= 15 is 0 Å². The number of aromatic nitrogens is 2. The molecule has 0 N–H and O–H groups in total. The third kappa shape index (κ3) is 3.09. The van der Waals surface area contributed by atoms with Crippen molar-refractivity contribution in [2.24, 2.45) is 10.9 Å². The van der Waals surface area contributed by atoms with Crippen LogP contribution in [0.2, 0.25) is 0 Å². The van der Waals surface area contributed by atoms with Crippen LogP contribution in [0.3, 0.4) is 0 Å². The van der Waals surface area contributed by atoms with Gasteiger partial charge in [-0.1, -0.05) is 19.3 Å². The van der Waals surface area contributed by atoms with Gasteiger partial charge < -0.3 is 0 Å². The van der Waals surface area contributed by atoms with Gasteiger partial charge >= 0.3 is 6.18 Å². The standard InChI is InChI=1S/C20H20F3N3O/c1-12-17(11-27)26-16-8-7-14(20(21,22)23)9-15(16)19(24-10-18(26)25-12)13-5-3-2-4-6-13/h7-9,11,13H,2-6,10H2,1H3. The van der Waals surface area contributed by atoms with Crippen molar-refractivity contribution in [1.29, 1.82) is 0 Å². The lowest BCUT2D eigenvalue weighted by Gasteiger charge is -2.25. The molecule has 0 atom stereocenters. The SMILES string of the molecule is Cc1nc2n(c1C=O)-c1ccc(C(F)(F)F)cc1C(C1CCCCC1)=NC2. The summed E-state index contributed by atoms with van der Waals surface area (Å²) in [5.74, 6) is 0.729. The Kier molecular flexibility index (Phi) is 4.40. The molecular weight excluding hydrogens is 355 g/mol. The average Bonchev–Trinajstić information content (AvgIpc) is 2.88. The maximum Gasteiger partial charge on any atom is 0.416 e. The molecule has 1 aliphatic carbocycles. The average molecular weight is 375 g/mol. The summed E-state index contributed by atoms with van der Waals surface area (Å²) in [5, 5.41) is 0. The van der Waals surface area contributed by atoms with Crippen LogP contribution < -0.4 is 0 Å². The first-order chi connectivity index (χ1) is 12.9. The first kappa shape index (κ1) is 17.9. The molecule has 4 nitrogen and oxygen atoms in total. The Morgan fingerprint density at radius 1 is 1.19 bits per heavy atom. The molecule has 142 valence electrons. The van der Waals surface area contributed by atoms with E-state index in [0.717, 1.165) is 43.9 Å². The Balaban J connectivity index is 1.94. The Bertz CT molecular complexity index is 921. The molecule has 1 saturated carbocycles. The summed E-state index contributed by atoms with van der Waals surface area (Å²) in [4.78, 5) is 20.7. The molecule has 1 aromatic carbocycles. The van der Waals surface area contributed by atoms with Crippen molar-refractivity contribution in [1.82, 2.24) is 9.55 Å². The molecule has 2 aromatic rings. The lowest BCUT2D eigenvalue weighted by atomic mass is 9.82. The van der Waals surface area contributed by atoms with Gasteiger partial charge in [-0.05, 0) is 38.0 Å². The predicted molar refractivity (Wildman–Crippen MR) is 95.5 cm³/mol. The highest BCUT2D eigenvalue weighted by molar-refractivity contribution is 6.06. The van der Waals surface area contributed by atoms with Gasteiger partial charge in [0, 0.05) is 17.2 Å².